The largest absolute Gasteiger partial charge is 0.463 e. The SMILES string of the molecule is CC(C)OC(=O)CCNC(=O)NCc1ccccc1Cl. The van der Waals surface area contributed by atoms with Gasteiger partial charge in [-0.3, -0.25) is 4.79 Å². The molecule has 0 bridgehead atoms. The summed E-state index contributed by atoms with van der Waals surface area (Å²) in [5, 5.41) is 5.86. The lowest BCUT2D eigenvalue weighted by Gasteiger charge is -2.10. The number of halogens is 1. The quantitative estimate of drug-likeness (QED) is 0.793. The third kappa shape index (κ3) is 6.43. The molecule has 2 amide bonds. The van der Waals surface area contributed by atoms with Crippen LogP contribution in [0.4, 0.5) is 4.79 Å². The van der Waals surface area contributed by atoms with Gasteiger partial charge in [0.25, 0.3) is 0 Å². The van der Waals surface area contributed by atoms with Crippen LogP contribution in [0.25, 0.3) is 0 Å². The molecule has 0 fully saturated rings. The molecule has 1 rings (SSSR count). The summed E-state index contributed by atoms with van der Waals surface area (Å²) in [6, 6.07) is 6.93. The molecule has 1 aromatic rings. The molecule has 0 saturated carbocycles. The number of urea groups is 1. The Morgan fingerprint density at radius 2 is 1.95 bits per heavy atom. The topological polar surface area (TPSA) is 67.4 Å². The molecular weight excluding hydrogens is 280 g/mol. The predicted molar refractivity (Wildman–Crippen MR) is 77.5 cm³/mol. The van der Waals surface area contributed by atoms with Gasteiger partial charge in [-0.15, -0.1) is 0 Å². The Labute approximate surface area is 123 Å². The number of rotatable bonds is 6. The van der Waals surface area contributed by atoms with E-state index in [-0.39, 0.29) is 31.1 Å². The van der Waals surface area contributed by atoms with E-state index in [0.29, 0.717) is 11.6 Å². The van der Waals surface area contributed by atoms with Gasteiger partial charge in [0.05, 0.1) is 12.5 Å². The van der Waals surface area contributed by atoms with Gasteiger partial charge in [0.15, 0.2) is 0 Å². The van der Waals surface area contributed by atoms with Gasteiger partial charge in [-0.1, -0.05) is 29.8 Å². The maximum Gasteiger partial charge on any atom is 0.315 e. The third-order valence-electron chi connectivity index (χ3n) is 2.38. The second-order valence-electron chi connectivity index (χ2n) is 4.49. The standard InChI is InChI=1S/C14H19ClN2O3/c1-10(2)20-13(18)7-8-16-14(19)17-9-11-5-3-4-6-12(11)15/h3-6,10H,7-9H2,1-2H3,(H2,16,17,19). The Morgan fingerprint density at radius 3 is 2.60 bits per heavy atom. The molecule has 0 aliphatic heterocycles. The fourth-order valence-corrected chi connectivity index (χ4v) is 1.68. The highest BCUT2D eigenvalue weighted by Gasteiger charge is 2.07. The number of ether oxygens (including phenoxy) is 1. The Bertz CT molecular complexity index is 463. The Hall–Kier alpha value is -1.75. The fraction of sp³-hybridized carbons (Fsp3) is 0.429. The number of carbonyl (C=O) groups is 2. The molecule has 0 heterocycles. The van der Waals surface area contributed by atoms with Crippen molar-refractivity contribution in [2.24, 2.45) is 0 Å². The smallest absolute Gasteiger partial charge is 0.315 e. The number of benzene rings is 1. The predicted octanol–water partition coefficient (Wildman–Crippen LogP) is 2.48. The summed E-state index contributed by atoms with van der Waals surface area (Å²) in [5.74, 6) is -0.327. The van der Waals surface area contributed by atoms with E-state index in [1.165, 1.54) is 0 Å². The summed E-state index contributed by atoms with van der Waals surface area (Å²) in [5.41, 5.74) is 0.837. The van der Waals surface area contributed by atoms with Crippen LogP contribution in [0.3, 0.4) is 0 Å². The molecule has 5 nitrogen and oxygen atoms in total. The van der Waals surface area contributed by atoms with Crippen molar-refractivity contribution >= 4 is 23.6 Å². The van der Waals surface area contributed by atoms with E-state index in [2.05, 4.69) is 10.6 Å². The van der Waals surface area contributed by atoms with Crippen molar-refractivity contribution in [3.63, 3.8) is 0 Å². The number of amides is 2. The van der Waals surface area contributed by atoms with Gasteiger partial charge in [0.1, 0.15) is 0 Å². The molecule has 0 unspecified atom stereocenters. The average Bonchev–Trinajstić information content (AvgIpc) is 2.37. The van der Waals surface area contributed by atoms with E-state index in [1.807, 2.05) is 18.2 Å². The summed E-state index contributed by atoms with van der Waals surface area (Å²) in [4.78, 5) is 22.8. The Morgan fingerprint density at radius 1 is 1.25 bits per heavy atom. The monoisotopic (exact) mass is 298 g/mol. The molecule has 0 aromatic heterocycles. The molecule has 0 saturated heterocycles. The zero-order valence-corrected chi connectivity index (χ0v) is 12.4. The zero-order valence-electron chi connectivity index (χ0n) is 11.6. The van der Waals surface area contributed by atoms with Crippen LogP contribution in [-0.2, 0) is 16.1 Å². The van der Waals surface area contributed by atoms with Crippen LogP contribution in [0.2, 0.25) is 5.02 Å². The average molecular weight is 299 g/mol. The summed E-state index contributed by atoms with van der Waals surface area (Å²) >= 11 is 5.97. The lowest BCUT2D eigenvalue weighted by Crippen LogP contribution is -2.36. The summed E-state index contributed by atoms with van der Waals surface area (Å²) < 4.78 is 4.95. The van der Waals surface area contributed by atoms with Crippen LogP contribution in [0.1, 0.15) is 25.8 Å². The van der Waals surface area contributed by atoms with Gasteiger partial charge >= 0.3 is 12.0 Å². The number of carbonyl (C=O) groups excluding carboxylic acids is 2. The third-order valence-corrected chi connectivity index (χ3v) is 2.75. The first-order valence-electron chi connectivity index (χ1n) is 6.43. The number of esters is 1. The van der Waals surface area contributed by atoms with E-state index in [1.54, 1.807) is 19.9 Å². The fourth-order valence-electron chi connectivity index (χ4n) is 1.48. The summed E-state index contributed by atoms with van der Waals surface area (Å²) in [6.45, 7) is 4.13. The molecule has 0 radical (unpaired) electrons. The van der Waals surface area contributed by atoms with Crippen LogP contribution < -0.4 is 10.6 Å². The maximum atomic E-state index is 11.5. The van der Waals surface area contributed by atoms with E-state index >= 15 is 0 Å². The van der Waals surface area contributed by atoms with Gasteiger partial charge in [0, 0.05) is 18.1 Å². The van der Waals surface area contributed by atoms with E-state index in [9.17, 15) is 9.59 Å². The summed E-state index contributed by atoms with van der Waals surface area (Å²) in [7, 11) is 0. The van der Waals surface area contributed by atoms with Crippen LogP contribution in [-0.4, -0.2) is 24.6 Å². The number of hydrogen-bond acceptors (Lipinski definition) is 3. The van der Waals surface area contributed by atoms with Crippen molar-refractivity contribution in [2.45, 2.75) is 32.9 Å². The molecule has 6 heteroatoms. The van der Waals surface area contributed by atoms with Crippen molar-refractivity contribution in [1.82, 2.24) is 10.6 Å². The maximum absolute atomic E-state index is 11.5. The Balaban J connectivity index is 2.21. The highest BCUT2D eigenvalue weighted by molar-refractivity contribution is 6.31. The van der Waals surface area contributed by atoms with E-state index < -0.39 is 0 Å². The first-order chi connectivity index (χ1) is 9.49. The van der Waals surface area contributed by atoms with Gasteiger partial charge in [0.2, 0.25) is 0 Å². The minimum Gasteiger partial charge on any atom is -0.463 e. The van der Waals surface area contributed by atoms with Gasteiger partial charge in [-0.05, 0) is 25.5 Å². The molecular formula is C14H19ClN2O3. The second kappa shape index (κ2) is 8.43. The van der Waals surface area contributed by atoms with Crippen LogP contribution >= 0.6 is 11.6 Å². The number of hydrogen-bond donors (Lipinski definition) is 2. The highest BCUT2D eigenvalue weighted by Crippen LogP contribution is 2.13. The lowest BCUT2D eigenvalue weighted by molar-refractivity contribution is -0.147. The minimum absolute atomic E-state index is 0.142. The molecule has 20 heavy (non-hydrogen) atoms. The highest BCUT2D eigenvalue weighted by atomic mass is 35.5. The number of nitrogens with one attached hydrogen (secondary N) is 2. The van der Waals surface area contributed by atoms with Crippen molar-refractivity contribution in [1.29, 1.82) is 0 Å². The lowest BCUT2D eigenvalue weighted by atomic mass is 10.2. The summed E-state index contributed by atoms with van der Waals surface area (Å²) in [6.07, 6.45) is 0.00841. The second-order valence-corrected chi connectivity index (χ2v) is 4.90. The Kier molecular flexibility index (Phi) is 6.87. The molecule has 0 aliphatic rings. The molecule has 0 aliphatic carbocycles. The van der Waals surface area contributed by atoms with Crippen LogP contribution in [0.15, 0.2) is 24.3 Å². The van der Waals surface area contributed by atoms with Gasteiger partial charge in [-0.25, -0.2) is 4.79 Å². The van der Waals surface area contributed by atoms with Gasteiger partial charge in [-0.2, -0.15) is 0 Å². The van der Waals surface area contributed by atoms with Crippen molar-refractivity contribution in [3.8, 4) is 0 Å². The normalized spacial score (nSPS) is 10.2. The van der Waals surface area contributed by atoms with Crippen molar-refractivity contribution in [2.75, 3.05) is 6.54 Å². The minimum atomic E-state index is -0.345. The van der Waals surface area contributed by atoms with E-state index in [0.717, 1.165) is 5.56 Å². The molecule has 1 aromatic carbocycles. The van der Waals surface area contributed by atoms with Crippen LogP contribution in [0.5, 0.6) is 0 Å². The molecule has 0 atom stereocenters. The first kappa shape index (κ1) is 16.3. The van der Waals surface area contributed by atoms with Gasteiger partial charge < -0.3 is 15.4 Å². The zero-order chi connectivity index (χ0) is 15.0. The van der Waals surface area contributed by atoms with Crippen molar-refractivity contribution < 1.29 is 14.3 Å². The van der Waals surface area contributed by atoms with Crippen LogP contribution in [0, 0.1) is 0 Å². The molecule has 2 N–H and O–H groups in total. The van der Waals surface area contributed by atoms with E-state index in [4.69, 9.17) is 16.3 Å². The molecule has 0 spiro atoms. The first-order valence-corrected chi connectivity index (χ1v) is 6.81. The molecule has 110 valence electrons. The van der Waals surface area contributed by atoms with Crippen molar-refractivity contribution in [3.05, 3.63) is 34.9 Å².